The highest BCUT2D eigenvalue weighted by molar-refractivity contribution is 8.01. The number of hydrogen-bond acceptors (Lipinski definition) is 8. The Kier molecular flexibility index (Phi) is 4.90. The molecule has 0 N–H and O–H groups in total. The summed E-state index contributed by atoms with van der Waals surface area (Å²) in [4.78, 5) is 31.5. The smallest absolute Gasteiger partial charge is 0.279 e. The van der Waals surface area contributed by atoms with Crippen LogP contribution in [0.2, 0.25) is 0 Å². The summed E-state index contributed by atoms with van der Waals surface area (Å²) >= 11 is 2.73. The summed E-state index contributed by atoms with van der Waals surface area (Å²) in [6, 6.07) is 0. The lowest BCUT2D eigenvalue weighted by atomic mass is 10.1. The van der Waals surface area contributed by atoms with Gasteiger partial charge in [0, 0.05) is 32.7 Å². The Morgan fingerprint density at radius 3 is 3.12 bits per heavy atom. The first-order valence-corrected chi connectivity index (χ1v) is 10.3. The summed E-state index contributed by atoms with van der Waals surface area (Å²) < 4.78 is 7.81. The maximum atomic E-state index is 12.8. The molecule has 0 saturated carbocycles. The molecule has 0 unspecified atom stereocenters. The van der Waals surface area contributed by atoms with Gasteiger partial charge in [0.15, 0.2) is 4.34 Å². The van der Waals surface area contributed by atoms with Crippen LogP contribution < -0.4 is 5.56 Å². The number of hydrogen-bond donors (Lipinski definition) is 0. The van der Waals surface area contributed by atoms with Gasteiger partial charge in [-0.2, -0.15) is 4.52 Å². The molecule has 1 fully saturated rings. The monoisotopic (exact) mass is 380 g/mol. The molecular weight excluding hydrogens is 360 g/mol. The van der Waals surface area contributed by atoms with Crippen LogP contribution in [0.4, 0.5) is 0 Å². The molecule has 4 heterocycles. The molecule has 2 aromatic heterocycles. The minimum absolute atomic E-state index is 0.0806. The highest BCUT2D eigenvalue weighted by atomic mass is 32.2. The van der Waals surface area contributed by atoms with Gasteiger partial charge in [0.25, 0.3) is 5.56 Å². The molecule has 25 heavy (non-hydrogen) atoms. The van der Waals surface area contributed by atoms with Crippen molar-refractivity contribution in [2.45, 2.75) is 43.2 Å². The second-order valence-electron chi connectivity index (χ2n) is 6.52. The van der Waals surface area contributed by atoms with E-state index in [4.69, 9.17) is 4.74 Å². The van der Waals surface area contributed by atoms with Gasteiger partial charge in [0.1, 0.15) is 5.78 Å². The highest BCUT2D eigenvalue weighted by Crippen LogP contribution is 2.25. The third-order valence-electron chi connectivity index (χ3n) is 4.50. The second kappa shape index (κ2) is 7.14. The largest absolute Gasteiger partial charge is 0.377 e. The molecule has 4 rings (SSSR count). The quantitative estimate of drug-likeness (QED) is 0.725. The standard InChI is InChI=1S/C16H20N4O3S2/c1-10(21)9-24-16-18-20-14(22)12-8-19(7-11-3-2-6-23-11)5-4-13(12)17-15(20)25-16/h11H,2-9H2,1H3/t11-/m0/s1. The molecule has 134 valence electrons. The van der Waals surface area contributed by atoms with Crippen LogP contribution in [0.5, 0.6) is 0 Å². The van der Waals surface area contributed by atoms with Crippen LogP contribution in [0.3, 0.4) is 0 Å². The molecule has 0 aliphatic carbocycles. The van der Waals surface area contributed by atoms with Crippen LogP contribution in [-0.4, -0.2) is 56.8 Å². The lowest BCUT2D eigenvalue weighted by molar-refractivity contribution is -0.114. The number of ketones is 1. The molecule has 0 aromatic carbocycles. The zero-order valence-electron chi connectivity index (χ0n) is 14.1. The summed E-state index contributed by atoms with van der Waals surface area (Å²) in [7, 11) is 0. The van der Waals surface area contributed by atoms with Crippen molar-refractivity contribution >= 4 is 33.8 Å². The Balaban J connectivity index is 1.57. The van der Waals surface area contributed by atoms with Crippen molar-refractivity contribution in [3.8, 4) is 0 Å². The minimum Gasteiger partial charge on any atom is -0.377 e. The predicted octanol–water partition coefficient (Wildman–Crippen LogP) is 1.37. The number of thioether (sulfide) groups is 1. The fourth-order valence-electron chi connectivity index (χ4n) is 3.29. The summed E-state index contributed by atoms with van der Waals surface area (Å²) in [6.45, 7) is 4.78. The number of Topliss-reactive ketones (excluding diaryl/α,β-unsaturated/α-hetero) is 1. The van der Waals surface area contributed by atoms with E-state index in [1.807, 2.05) is 0 Å². The van der Waals surface area contributed by atoms with Gasteiger partial charge in [-0.15, -0.1) is 5.10 Å². The van der Waals surface area contributed by atoms with E-state index in [9.17, 15) is 9.59 Å². The first kappa shape index (κ1) is 17.1. The summed E-state index contributed by atoms with van der Waals surface area (Å²) in [5.74, 6) is 0.456. The van der Waals surface area contributed by atoms with Gasteiger partial charge in [-0.25, -0.2) is 4.98 Å². The van der Waals surface area contributed by atoms with Crippen LogP contribution in [-0.2, 0) is 22.5 Å². The molecule has 0 bridgehead atoms. The van der Waals surface area contributed by atoms with E-state index in [-0.39, 0.29) is 17.4 Å². The lowest BCUT2D eigenvalue weighted by Crippen LogP contribution is -2.40. The van der Waals surface area contributed by atoms with E-state index in [0.717, 1.165) is 50.2 Å². The van der Waals surface area contributed by atoms with Gasteiger partial charge in [-0.3, -0.25) is 14.5 Å². The number of nitrogens with zero attached hydrogens (tertiary/aromatic N) is 4. The average Bonchev–Trinajstić information content (AvgIpc) is 3.23. The fourth-order valence-corrected chi connectivity index (χ4v) is 5.04. The Morgan fingerprint density at radius 1 is 1.48 bits per heavy atom. The molecule has 2 aliphatic heterocycles. The van der Waals surface area contributed by atoms with E-state index in [2.05, 4.69) is 15.0 Å². The lowest BCUT2D eigenvalue weighted by Gasteiger charge is -2.29. The fraction of sp³-hybridized carbons (Fsp3) is 0.625. The highest BCUT2D eigenvalue weighted by Gasteiger charge is 2.26. The molecule has 0 radical (unpaired) electrons. The molecule has 9 heteroatoms. The maximum absolute atomic E-state index is 12.8. The average molecular weight is 380 g/mol. The predicted molar refractivity (Wildman–Crippen MR) is 96.5 cm³/mol. The Hall–Kier alpha value is -1.29. The Bertz CT molecular complexity index is 857. The number of carbonyl (C=O) groups excluding carboxylic acids is 1. The topological polar surface area (TPSA) is 76.8 Å². The van der Waals surface area contributed by atoms with Crippen molar-refractivity contribution in [2.24, 2.45) is 0 Å². The second-order valence-corrected chi connectivity index (χ2v) is 8.69. The van der Waals surface area contributed by atoms with Crippen LogP contribution >= 0.6 is 23.1 Å². The van der Waals surface area contributed by atoms with Gasteiger partial charge in [-0.1, -0.05) is 23.1 Å². The van der Waals surface area contributed by atoms with Crippen molar-refractivity contribution in [3.63, 3.8) is 0 Å². The molecule has 2 aliphatic rings. The first-order valence-electron chi connectivity index (χ1n) is 8.48. The van der Waals surface area contributed by atoms with Gasteiger partial charge in [0.2, 0.25) is 4.96 Å². The summed E-state index contributed by atoms with van der Waals surface area (Å²) in [5, 5.41) is 4.35. The van der Waals surface area contributed by atoms with Gasteiger partial charge in [0.05, 0.1) is 23.1 Å². The number of aromatic nitrogens is 3. The zero-order valence-corrected chi connectivity index (χ0v) is 15.7. The Morgan fingerprint density at radius 2 is 2.36 bits per heavy atom. The number of carbonyl (C=O) groups is 1. The maximum Gasteiger partial charge on any atom is 0.279 e. The first-order chi connectivity index (χ1) is 12.1. The number of fused-ring (bicyclic) bond motifs is 2. The van der Waals surface area contributed by atoms with Gasteiger partial charge in [-0.05, 0) is 19.8 Å². The molecule has 0 spiro atoms. The zero-order chi connectivity index (χ0) is 17.4. The van der Waals surface area contributed by atoms with Gasteiger partial charge >= 0.3 is 0 Å². The normalized spacial score (nSPS) is 20.9. The van der Waals surface area contributed by atoms with E-state index in [1.54, 1.807) is 6.92 Å². The SMILES string of the molecule is CC(=O)CSc1nn2c(=O)c3c(nc2s1)CCN(C[C@@H]1CCCO1)C3. The van der Waals surface area contributed by atoms with Crippen molar-refractivity contribution in [3.05, 3.63) is 21.6 Å². The van der Waals surface area contributed by atoms with Gasteiger partial charge < -0.3 is 4.74 Å². The van der Waals surface area contributed by atoms with Crippen molar-refractivity contribution in [1.82, 2.24) is 19.5 Å². The van der Waals surface area contributed by atoms with Crippen LogP contribution in [0.1, 0.15) is 31.0 Å². The van der Waals surface area contributed by atoms with Crippen molar-refractivity contribution in [2.75, 3.05) is 25.4 Å². The summed E-state index contributed by atoms with van der Waals surface area (Å²) in [6.07, 6.45) is 3.29. The van der Waals surface area contributed by atoms with Crippen molar-refractivity contribution in [1.29, 1.82) is 0 Å². The third kappa shape index (κ3) is 3.64. The van der Waals surface area contributed by atoms with E-state index >= 15 is 0 Å². The molecule has 7 nitrogen and oxygen atoms in total. The Labute approximate surface area is 153 Å². The summed E-state index contributed by atoms with van der Waals surface area (Å²) in [5.41, 5.74) is 1.55. The van der Waals surface area contributed by atoms with Crippen LogP contribution in [0.15, 0.2) is 9.13 Å². The molecule has 0 amide bonds. The molecular formula is C16H20N4O3S2. The van der Waals surface area contributed by atoms with Crippen LogP contribution in [0.25, 0.3) is 4.96 Å². The van der Waals surface area contributed by atoms with E-state index < -0.39 is 0 Å². The van der Waals surface area contributed by atoms with Crippen LogP contribution in [0, 0.1) is 0 Å². The molecule has 1 atom stereocenters. The number of ether oxygens (including phenoxy) is 1. The van der Waals surface area contributed by atoms with Crippen molar-refractivity contribution < 1.29 is 9.53 Å². The number of rotatable bonds is 5. The van der Waals surface area contributed by atoms with E-state index in [0.29, 0.717) is 21.6 Å². The molecule has 2 aromatic rings. The minimum atomic E-state index is -0.0806. The third-order valence-corrected chi connectivity index (χ3v) is 6.69. The molecule has 1 saturated heterocycles. The van der Waals surface area contributed by atoms with E-state index in [1.165, 1.54) is 27.6 Å².